The Labute approximate surface area is 238 Å². The molecule has 8 nitrogen and oxygen atoms in total. The summed E-state index contributed by atoms with van der Waals surface area (Å²) in [6, 6.07) is 7.94. The molecule has 2 amide bonds. The third-order valence-electron chi connectivity index (χ3n) is 8.95. The number of amides is 2. The normalized spacial score (nSPS) is 29.7. The minimum absolute atomic E-state index is 0.0554. The first-order chi connectivity index (χ1) is 18.5. The Morgan fingerprint density at radius 3 is 2.62 bits per heavy atom. The van der Waals surface area contributed by atoms with Crippen LogP contribution in [0.15, 0.2) is 35.2 Å². The number of benzene rings is 1. The Kier molecular flexibility index (Phi) is 8.16. The predicted molar refractivity (Wildman–Crippen MR) is 155 cm³/mol. The van der Waals surface area contributed by atoms with Gasteiger partial charge in [0.25, 0.3) is 0 Å². The van der Waals surface area contributed by atoms with Crippen molar-refractivity contribution in [1.82, 2.24) is 9.88 Å². The van der Waals surface area contributed by atoms with E-state index in [1.165, 1.54) is 23.5 Å². The number of anilines is 1. The standard InChI is InChI=1S/C28H37N3O5S3/c1-17(26(34)31-11-13-37-14-12-31)20-9-10-28(3)15-21-24(18(2)23(28)25(20)33)30-27(38-21)29-22(32)16-39(35,36)19-7-5-4-6-8-19/h4-8,17-18,20,23,25,33H,9-16H2,1-3H3,(H,29,30,32)/t17-,18-,20?,23+,25-,28-/m0/s1. The molecule has 6 atom stereocenters. The SMILES string of the molecule is C[C@H](C(=O)N1CCSCC1)C1CC[C@@]2(C)Cc3sc(NC(=O)CS(=O)(=O)c4ccccc4)nc3[C@@H](C)[C@@H]2[C@H]1O. The van der Waals surface area contributed by atoms with Gasteiger partial charge in [0.15, 0.2) is 15.0 Å². The summed E-state index contributed by atoms with van der Waals surface area (Å²) in [5, 5.41) is 14.8. The van der Waals surface area contributed by atoms with Gasteiger partial charge in [-0.1, -0.05) is 39.0 Å². The van der Waals surface area contributed by atoms with Crippen molar-refractivity contribution in [2.24, 2.45) is 23.2 Å². The summed E-state index contributed by atoms with van der Waals surface area (Å²) >= 11 is 3.27. The van der Waals surface area contributed by atoms with Crippen LogP contribution in [-0.4, -0.2) is 71.7 Å². The van der Waals surface area contributed by atoms with Crippen LogP contribution in [0.2, 0.25) is 0 Å². The predicted octanol–water partition coefficient (Wildman–Crippen LogP) is 3.82. The Balaban J connectivity index is 1.30. The Hall–Kier alpha value is -1.95. The maximum absolute atomic E-state index is 13.3. The third kappa shape index (κ3) is 5.64. The van der Waals surface area contributed by atoms with E-state index in [0.717, 1.165) is 54.4 Å². The van der Waals surface area contributed by atoms with Crippen LogP contribution in [0.1, 0.15) is 50.1 Å². The molecule has 212 valence electrons. The highest BCUT2D eigenvalue weighted by Crippen LogP contribution is 2.57. The van der Waals surface area contributed by atoms with Gasteiger partial charge in [0.1, 0.15) is 5.75 Å². The number of rotatable bonds is 6. The number of carbonyl (C=O) groups excluding carboxylic acids is 2. The first-order valence-electron chi connectivity index (χ1n) is 13.6. The Morgan fingerprint density at radius 2 is 1.92 bits per heavy atom. The van der Waals surface area contributed by atoms with Gasteiger partial charge in [-0.2, -0.15) is 11.8 Å². The zero-order chi connectivity index (χ0) is 27.9. The van der Waals surface area contributed by atoms with E-state index in [1.807, 2.05) is 23.6 Å². The molecule has 39 heavy (non-hydrogen) atoms. The molecular weight excluding hydrogens is 555 g/mol. The van der Waals surface area contributed by atoms with E-state index < -0.39 is 27.6 Å². The van der Waals surface area contributed by atoms with Crippen molar-refractivity contribution in [2.45, 2.75) is 57.0 Å². The van der Waals surface area contributed by atoms with E-state index in [4.69, 9.17) is 4.98 Å². The van der Waals surface area contributed by atoms with Crippen LogP contribution in [0.3, 0.4) is 0 Å². The lowest BCUT2D eigenvalue weighted by Gasteiger charge is -2.53. The molecule has 1 aromatic heterocycles. The van der Waals surface area contributed by atoms with Crippen molar-refractivity contribution in [3.8, 4) is 0 Å². The molecule has 1 saturated heterocycles. The maximum atomic E-state index is 13.3. The van der Waals surface area contributed by atoms with Crippen LogP contribution in [-0.2, 0) is 25.8 Å². The number of fused-ring (bicyclic) bond motifs is 2. The molecule has 5 rings (SSSR count). The lowest BCUT2D eigenvalue weighted by Crippen LogP contribution is -2.54. The fraction of sp³-hybridized carbons (Fsp3) is 0.607. The van der Waals surface area contributed by atoms with Crippen LogP contribution >= 0.6 is 23.1 Å². The number of hydrogen-bond donors (Lipinski definition) is 2. The van der Waals surface area contributed by atoms with Gasteiger partial charge in [0, 0.05) is 41.3 Å². The lowest BCUT2D eigenvalue weighted by molar-refractivity contribution is -0.144. The van der Waals surface area contributed by atoms with Crippen LogP contribution in [0.4, 0.5) is 5.13 Å². The monoisotopic (exact) mass is 591 g/mol. The van der Waals surface area contributed by atoms with Gasteiger partial charge in [-0.05, 0) is 48.6 Å². The minimum atomic E-state index is -3.76. The maximum Gasteiger partial charge on any atom is 0.241 e. The second-order valence-electron chi connectivity index (χ2n) is 11.5. The molecule has 0 bridgehead atoms. The Morgan fingerprint density at radius 1 is 1.23 bits per heavy atom. The van der Waals surface area contributed by atoms with E-state index in [9.17, 15) is 23.1 Å². The van der Waals surface area contributed by atoms with Gasteiger partial charge in [0.05, 0.1) is 16.7 Å². The van der Waals surface area contributed by atoms with Gasteiger partial charge in [-0.3, -0.25) is 9.59 Å². The molecule has 2 aromatic rings. The largest absolute Gasteiger partial charge is 0.392 e. The molecule has 2 heterocycles. The van der Waals surface area contributed by atoms with E-state index >= 15 is 0 Å². The summed E-state index contributed by atoms with van der Waals surface area (Å²) < 4.78 is 25.3. The van der Waals surface area contributed by atoms with Crippen molar-refractivity contribution >= 4 is 49.9 Å². The molecule has 1 unspecified atom stereocenters. The second-order valence-corrected chi connectivity index (χ2v) is 15.8. The molecule has 2 N–H and O–H groups in total. The summed E-state index contributed by atoms with van der Waals surface area (Å²) in [6.45, 7) is 7.82. The molecule has 2 aliphatic carbocycles. The minimum Gasteiger partial charge on any atom is -0.392 e. The average Bonchev–Trinajstić information content (AvgIpc) is 3.30. The molecule has 3 aliphatic rings. The van der Waals surface area contributed by atoms with Crippen molar-refractivity contribution in [1.29, 1.82) is 0 Å². The molecule has 0 radical (unpaired) electrons. The van der Waals surface area contributed by atoms with Gasteiger partial charge in [-0.25, -0.2) is 13.4 Å². The zero-order valence-electron chi connectivity index (χ0n) is 22.6. The van der Waals surface area contributed by atoms with E-state index in [1.54, 1.807) is 18.2 Å². The van der Waals surface area contributed by atoms with Crippen LogP contribution < -0.4 is 5.32 Å². The molecular formula is C28H37N3O5S3. The summed E-state index contributed by atoms with van der Waals surface area (Å²) in [4.78, 5) is 33.8. The second kappa shape index (κ2) is 11.1. The van der Waals surface area contributed by atoms with E-state index in [0.29, 0.717) is 5.13 Å². The highest BCUT2D eigenvalue weighted by Gasteiger charge is 2.54. The van der Waals surface area contributed by atoms with Gasteiger partial charge < -0.3 is 15.3 Å². The average molecular weight is 592 g/mol. The number of aliphatic hydroxyl groups excluding tert-OH is 1. The smallest absolute Gasteiger partial charge is 0.241 e. The molecule has 1 saturated carbocycles. The lowest BCUT2D eigenvalue weighted by atomic mass is 9.53. The van der Waals surface area contributed by atoms with E-state index in [2.05, 4.69) is 19.2 Å². The number of carbonyl (C=O) groups is 2. The first-order valence-corrected chi connectivity index (χ1v) is 17.2. The summed E-state index contributed by atoms with van der Waals surface area (Å²) in [7, 11) is -3.76. The van der Waals surface area contributed by atoms with Crippen molar-refractivity contribution < 1.29 is 23.1 Å². The highest BCUT2D eigenvalue weighted by molar-refractivity contribution is 7.99. The molecule has 1 aromatic carbocycles. The molecule has 1 aliphatic heterocycles. The Bertz CT molecular complexity index is 1330. The van der Waals surface area contributed by atoms with Crippen molar-refractivity contribution in [3.05, 3.63) is 40.9 Å². The van der Waals surface area contributed by atoms with Crippen LogP contribution in [0.25, 0.3) is 0 Å². The highest BCUT2D eigenvalue weighted by atomic mass is 32.2. The quantitative estimate of drug-likeness (QED) is 0.525. The number of nitrogens with one attached hydrogen (secondary N) is 1. The molecule has 2 fully saturated rings. The zero-order valence-corrected chi connectivity index (χ0v) is 25.1. The summed E-state index contributed by atoms with van der Waals surface area (Å²) in [6.07, 6.45) is 1.82. The topological polar surface area (TPSA) is 117 Å². The van der Waals surface area contributed by atoms with Crippen LogP contribution in [0, 0.1) is 23.2 Å². The van der Waals surface area contributed by atoms with E-state index in [-0.39, 0.29) is 39.9 Å². The third-order valence-corrected chi connectivity index (χ3v) is 12.5. The number of aliphatic hydroxyl groups is 1. The molecule has 0 spiro atoms. The molecule has 11 heteroatoms. The van der Waals surface area contributed by atoms with Crippen molar-refractivity contribution in [2.75, 3.05) is 35.7 Å². The number of thioether (sulfide) groups is 1. The van der Waals surface area contributed by atoms with Crippen LogP contribution in [0.5, 0.6) is 0 Å². The number of nitrogens with zero attached hydrogens (tertiary/aromatic N) is 2. The van der Waals surface area contributed by atoms with Gasteiger partial charge in [-0.15, -0.1) is 11.3 Å². The van der Waals surface area contributed by atoms with Crippen molar-refractivity contribution in [3.63, 3.8) is 0 Å². The number of aromatic nitrogens is 1. The number of sulfone groups is 1. The van der Waals surface area contributed by atoms with Gasteiger partial charge in [0.2, 0.25) is 11.8 Å². The summed E-state index contributed by atoms with van der Waals surface area (Å²) in [5.74, 6) is 0.355. The fourth-order valence-corrected chi connectivity index (χ4v) is 10.2. The first kappa shape index (κ1) is 28.6. The summed E-state index contributed by atoms with van der Waals surface area (Å²) in [5.41, 5.74) is 0.715. The fourth-order valence-electron chi connectivity index (χ4n) is 6.89. The number of hydrogen-bond acceptors (Lipinski definition) is 8. The number of thiazole rings is 1. The van der Waals surface area contributed by atoms with Gasteiger partial charge >= 0.3 is 0 Å².